The molecule has 30 heavy (non-hydrogen) atoms. The predicted molar refractivity (Wildman–Crippen MR) is 127 cm³/mol. The second-order valence-corrected chi connectivity index (χ2v) is 19.1. The third kappa shape index (κ3) is 7.44. The zero-order valence-corrected chi connectivity index (χ0v) is 21.8. The summed E-state index contributed by atoms with van der Waals surface area (Å²) in [6.45, 7) is 16.5. The lowest BCUT2D eigenvalue weighted by molar-refractivity contribution is 0.0509. The molecule has 7 heteroatoms. The fourth-order valence-corrected chi connectivity index (χ4v) is 5.72. The van der Waals surface area contributed by atoms with Crippen LogP contribution in [0.1, 0.15) is 53.3 Å². The molecule has 0 radical (unpaired) electrons. The first-order chi connectivity index (χ1) is 13.9. The van der Waals surface area contributed by atoms with E-state index in [0.29, 0.717) is 11.1 Å². The van der Waals surface area contributed by atoms with Gasteiger partial charge in [-0.3, -0.25) is 9.69 Å². The summed E-state index contributed by atoms with van der Waals surface area (Å²) >= 11 is 0. The molecule has 1 aliphatic heterocycles. The van der Waals surface area contributed by atoms with E-state index >= 15 is 0 Å². The van der Waals surface area contributed by atoms with Gasteiger partial charge in [0.15, 0.2) is 14.1 Å². The Kier molecular flexibility index (Phi) is 8.62. The van der Waals surface area contributed by atoms with E-state index in [4.69, 9.17) is 8.85 Å². The molecular formula is C23H39NO4Si2. The van der Waals surface area contributed by atoms with Gasteiger partial charge in [-0.05, 0) is 83.8 Å². The van der Waals surface area contributed by atoms with E-state index in [2.05, 4.69) is 31.5 Å². The third-order valence-corrected chi connectivity index (χ3v) is 6.84. The molecular weight excluding hydrogens is 410 g/mol. The predicted octanol–water partition coefficient (Wildman–Crippen LogP) is 5.35. The van der Waals surface area contributed by atoms with Gasteiger partial charge in [-0.15, -0.1) is 0 Å². The average molecular weight is 450 g/mol. The standard InChI is InChI=1S/C23H39NO4Si2/c1-8-11-20(27-29(2,3)4)21(24-16-9-10-17-24)22(25)18-12-14-19(15-13-18)23(26)28-30(5,6)7/h12-15,20-21H,8-11,16-17H2,1-7H3. The molecule has 2 rings (SSSR count). The average Bonchev–Trinajstić information content (AvgIpc) is 3.13. The van der Waals surface area contributed by atoms with Crippen molar-refractivity contribution in [2.24, 2.45) is 0 Å². The lowest BCUT2D eigenvalue weighted by Crippen LogP contribution is -2.51. The van der Waals surface area contributed by atoms with Crippen molar-refractivity contribution in [2.75, 3.05) is 13.1 Å². The topological polar surface area (TPSA) is 55.8 Å². The summed E-state index contributed by atoms with van der Waals surface area (Å²) in [4.78, 5) is 28.3. The summed E-state index contributed by atoms with van der Waals surface area (Å²) in [5.74, 6) is -0.214. The van der Waals surface area contributed by atoms with Crippen molar-refractivity contribution in [3.05, 3.63) is 35.4 Å². The molecule has 0 saturated carbocycles. The minimum Gasteiger partial charge on any atom is -0.516 e. The molecule has 5 nitrogen and oxygen atoms in total. The van der Waals surface area contributed by atoms with Crippen LogP contribution in [0.2, 0.25) is 39.3 Å². The molecule has 0 bridgehead atoms. The summed E-state index contributed by atoms with van der Waals surface area (Å²) in [7, 11) is -3.76. The molecule has 1 heterocycles. The number of benzene rings is 1. The lowest BCUT2D eigenvalue weighted by Gasteiger charge is -2.37. The van der Waals surface area contributed by atoms with Crippen molar-refractivity contribution in [2.45, 2.75) is 84.0 Å². The molecule has 0 spiro atoms. The summed E-state index contributed by atoms with van der Waals surface area (Å²) < 4.78 is 12.1. The molecule has 1 saturated heterocycles. The van der Waals surface area contributed by atoms with Crippen LogP contribution in [0.3, 0.4) is 0 Å². The number of nitrogens with zero attached hydrogens (tertiary/aromatic N) is 1. The van der Waals surface area contributed by atoms with E-state index in [-0.39, 0.29) is 23.9 Å². The van der Waals surface area contributed by atoms with Gasteiger partial charge in [-0.25, -0.2) is 4.79 Å². The maximum Gasteiger partial charge on any atom is 0.324 e. The van der Waals surface area contributed by atoms with E-state index in [1.807, 2.05) is 19.6 Å². The van der Waals surface area contributed by atoms with E-state index in [0.717, 1.165) is 38.8 Å². The SMILES string of the molecule is CCCC(O[Si](C)(C)C)C(C(=O)c1ccc(C(=O)O[Si](C)(C)C)cc1)N1CCCC1. The molecule has 168 valence electrons. The molecule has 0 aliphatic carbocycles. The number of Topliss-reactive ketones (excluding diaryl/α,β-unsaturated/α-hetero) is 1. The van der Waals surface area contributed by atoms with Crippen LogP contribution in [0.4, 0.5) is 0 Å². The largest absolute Gasteiger partial charge is 0.516 e. The number of hydrogen-bond donors (Lipinski definition) is 0. The van der Waals surface area contributed by atoms with Crippen LogP contribution < -0.4 is 0 Å². The number of ketones is 1. The van der Waals surface area contributed by atoms with Crippen molar-refractivity contribution in [3.8, 4) is 0 Å². The van der Waals surface area contributed by atoms with Gasteiger partial charge in [-0.1, -0.05) is 25.5 Å². The highest BCUT2D eigenvalue weighted by molar-refractivity contribution is 6.71. The van der Waals surface area contributed by atoms with Gasteiger partial charge in [-0.2, -0.15) is 0 Å². The molecule has 0 aromatic heterocycles. The van der Waals surface area contributed by atoms with Gasteiger partial charge in [0.25, 0.3) is 0 Å². The van der Waals surface area contributed by atoms with E-state index in [1.165, 1.54) is 0 Å². The fraction of sp³-hybridized carbons (Fsp3) is 0.652. The Hall–Kier alpha value is -1.29. The second kappa shape index (κ2) is 10.3. The zero-order valence-electron chi connectivity index (χ0n) is 19.8. The number of rotatable bonds is 10. The Morgan fingerprint density at radius 2 is 1.47 bits per heavy atom. The first-order valence-electron chi connectivity index (χ1n) is 11.2. The summed E-state index contributed by atoms with van der Waals surface area (Å²) in [5.41, 5.74) is 1.13. The molecule has 2 unspecified atom stereocenters. The molecule has 1 fully saturated rings. The highest BCUT2D eigenvalue weighted by Gasteiger charge is 2.38. The smallest absolute Gasteiger partial charge is 0.324 e. The number of carbonyl (C=O) groups is 2. The van der Waals surface area contributed by atoms with Crippen molar-refractivity contribution in [1.29, 1.82) is 0 Å². The van der Waals surface area contributed by atoms with Crippen molar-refractivity contribution < 1.29 is 18.4 Å². The molecule has 0 N–H and O–H groups in total. The van der Waals surface area contributed by atoms with Gasteiger partial charge in [0, 0.05) is 5.56 Å². The summed E-state index contributed by atoms with van der Waals surface area (Å²) in [6, 6.07) is 6.70. The maximum atomic E-state index is 13.6. The molecule has 0 amide bonds. The quantitative estimate of drug-likeness (QED) is 0.356. The normalized spacial score (nSPS) is 17.6. The van der Waals surface area contributed by atoms with E-state index in [1.54, 1.807) is 24.3 Å². The Balaban J connectivity index is 2.27. The van der Waals surface area contributed by atoms with Gasteiger partial charge in [0.05, 0.1) is 17.7 Å². The summed E-state index contributed by atoms with van der Waals surface area (Å²) in [6.07, 6.45) is 4.00. The minimum absolute atomic E-state index is 0.0937. The Morgan fingerprint density at radius 1 is 0.933 bits per heavy atom. The lowest BCUT2D eigenvalue weighted by atomic mass is 9.95. The van der Waals surface area contributed by atoms with Crippen LogP contribution in [0.5, 0.6) is 0 Å². The van der Waals surface area contributed by atoms with Crippen LogP contribution in [-0.4, -0.2) is 58.5 Å². The Bertz CT molecular complexity index is 716. The van der Waals surface area contributed by atoms with Crippen LogP contribution >= 0.6 is 0 Å². The molecule has 1 aliphatic rings. The van der Waals surface area contributed by atoms with Gasteiger partial charge >= 0.3 is 5.97 Å². The Morgan fingerprint density at radius 3 is 1.93 bits per heavy atom. The minimum atomic E-state index is -1.96. The van der Waals surface area contributed by atoms with Gasteiger partial charge in [0.2, 0.25) is 8.32 Å². The highest BCUT2D eigenvalue weighted by atomic mass is 28.4. The van der Waals surface area contributed by atoms with Crippen LogP contribution in [0, 0.1) is 0 Å². The first-order valence-corrected chi connectivity index (χ1v) is 18.0. The first kappa shape index (κ1) is 25.0. The number of likely N-dealkylation sites (tertiary alicyclic amines) is 1. The van der Waals surface area contributed by atoms with Gasteiger partial charge < -0.3 is 8.85 Å². The molecule has 1 aromatic rings. The van der Waals surface area contributed by atoms with Crippen LogP contribution in [0.15, 0.2) is 24.3 Å². The molecule has 1 aromatic carbocycles. The van der Waals surface area contributed by atoms with Crippen LogP contribution in [0.25, 0.3) is 0 Å². The molecule has 2 atom stereocenters. The highest BCUT2D eigenvalue weighted by Crippen LogP contribution is 2.25. The van der Waals surface area contributed by atoms with Gasteiger partial charge in [0.1, 0.15) is 0 Å². The fourth-order valence-electron chi connectivity index (χ4n) is 3.89. The monoisotopic (exact) mass is 449 g/mol. The summed E-state index contributed by atoms with van der Waals surface area (Å²) in [5, 5.41) is 0. The zero-order chi connectivity index (χ0) is 22.5. The van der Waals surface area contributed by atoms with Crippen molar-refractivity contribution >= 4 is 28.4 Å². The second-order valence-electron chi connectivity index (χ2n) is 10.2. The van der Waals surface area contributed by atoms with E-state index < -0.39 is 16.6 Å². The number of hydrogen-bond acceptors (Lipinski definition) is 5. The van der Waals surface area contributed by atoms with Crippen molar-refractivity contribution in [1.82, 2.24) is 4.90 Å². The third-order valence-electron chi connectivity index (χ3n) is 5.04. The van der Waals surface area contributed by atoms with Crippen molar-refractivity contribution in [3.63, 3.8) is 0 Å². The Labute approximate surface area is 184 Å². The van der Waals surface area contributed by atoms with E-state index in [9.17, 15) is 9.59 Å². The maximum absolute atomic E-state index is 13.6. The number of carbonyl (C=O) groups excluding carboxylic acids is 2. The van der Waals surface area contributed by atoms with Crippen LogP contribution in [-0.2, 0) is 8.85 Å².